The van der Waals surface area contributed by atoms with Gasteiger partial charge in [-0.15, -0.1) is 0 Å². The highest BCUT2D eigenvalue weighted by molar-refractivity contribution is 6.07. The number of amides is 1. The second-order valence-electron chi connectivity index (χ2n) is 9.63. The molecule has 2 aliphatic rings. The number of carbonyl (C=O) groups is 1. The number of fused-ring (bicyclic) bond motifs is 3. The molecule has 5 rings (SSSR count). The van der Waals surface area contributed by atoms with Crippen molar-refractivity contribution in [3.05, 3.63) is 59.7 Å². The first-order chi connectivity index (χ1) is 15.5. The van der Waals surface area contributed by atoms with Crippen molar-refractivity contribution >= 4 is 16.8 Å². The Hall–Kier alpha value is -2.88. The Kier molecular flexibility index (Phi) is 5.62. The zero-order valence-electron chi connectivity index (χ0n) is 19.2. The average Bonchev–Trinajstić information content (AvgIpc) is 3.43. The molecule has 0 aliphatic heterocycles. The van der Waals surface area contributed by atoms with Crippen molar-refractivity contribution in [3.63, 3.8) is 0 Å². The fourth-order valence-electron chi connectivity index (χ4n) is 5.86. The monoisotopic (exact) mass is 428 g/mol. The summed E-state index contributed by atoms with van der Waals surface area (Å²) in [7, 11) is 0. The largest absolute Gasteiger partial charge is 0.494 e. The topological polar surface area (TPSA) is 51.2 Å². The Morgan fingerprint density at radius 2 is 1.94 bits per heavy atom. The maximum absolute atomic E-state index is 13.5. The van der Waals surface area contributed by atoms with E-state index in [2.05, 4.69) is 31.3 Å². The molecular formula is C28H32N2O2. The third-order valence-corrected chi connectivity index (χ3v) is 7.46. The number of hydrogen-bond acceptors (Lipinski definition) is 3. The molecule has 2 fully saturated rings. The molecule has 0 spiro atoms. The molecule has 4 nitrogen and oxygen atoms in total. The van der Waals surface area contributed by atoms with Gasteiger partial charge in [0.15, 0.2) is 0 Å². The van der Waals surface area contributed by atoms with Gasteiger partial charge in [0.25, 0.3) is 5.91 Å². The first-order valence-electron chi connectivity index (χ1n) is 12.0. The van der Waals surface area contributed by atoms with Crippen LogP contribution in [0, 0.1) is 24.7 Å². The highest BCUT2D eigenvalue weighted by Crippen LogP contribution is 2.49. The number of nitrogens with one attached hydrogen (secondary N) is 1. The lowest BCUT2D eigenvalue weighted by Gasteiger charge is -2.28. The lowest BCUT2D eigenvalue weighted by Crippen LogP contribution is -2.40. The number of ether oxygens (including phenoxy) is 1. The van der Waals surface area contributed by atoms with Crippen molar-refractivity contribution in [2.75, 3.05) is 6.61 Å². The van der Waals surface area contributed by atoms with E-state index in [1.807, 2.05) is 43.3 Å². The third-order valence-electron chi connectivity index (χ3n) is 7.46. The van der Waals surface area contributed by atoms with Gasteiger partial charge in [0.1, 0.15) is 5.75 Å². The SMILES string of the molecule is CCOc1ccc(-c2cc(C(=O)N[C@@H](C)[C@@H]3C[C@H]4CC[C@H]3C4)c3cc(C)ccc3n2)cc1. The van der Waals surface area contributed by atoms with Gasteiger partial charge >= 0.3 is 0 Å². The van der Waals surface area contributed by atoms with E-state index in [-0.39, 0.29) is 11.9 Å². The van der Waals surface area contributed by atoms with E-state index in [4.69, 9.17) is 9.72 Å². The molecule has 4 heteroatoms. The maximum atomic E-state index is 13.5. The predicted molar refractivity (Wildman–Crippen MR) is 129 cm³/mol. The second kappa shape index (κ2) is 8.57. The number of pyridine rings is 1. The smallest absolute Gasteiger partial charge is 0.252 e. The highest BCUT2D eigenvalue weighted by Gasteiger charge is 2.42. The number of hydrogen-bond donors (Lipinski definition) is 1. The van der Waals surface area contributed by atoms with E-state index in [9.17, 15) is 4.79 Å². The number of nitrogens with zero attached hydrogens (tertiary/aromatic N) is 1. The minimum absolute atomic E-state index is 0.00506. The zero-order valence-corrected chi connectivity index (χ0v) is 19.2. The summed E-state index contributed by atoms with van der Waals surface area (Å²) >= 11 is 0. The summed E-state index contributed by atoms with van der Waals surface area (Å²) in [5, 5.41) is 4.27. The van der Waals surface area contributed by atoms with Gasteiger partial charge in [-0.05, 0) is 100 Å². The number of benzene rings is 2. The van der Waals surface area contributed by atoms with Gasteiger partial charge in [-0.1, -0.05) is 18.1 Å². The van der Waals surface area contributed by atoms with Gasteiger partial charge in [0, 0.05) is 17.0 Å². The van der Waals surface area contributed by atoms with Gasteiger partial charge in [-0.25, -0.2) is 4.98 Å². The summed E-state index contributed by atoms with van der Waals surface area (Å²) in [5.74, 6) is 3.11. The minimum Gasteiger partial charge on any atom is -0.494 e. The summed E-state index contributed by atoms with van der Waals surface area (Å²) in [6, 6.07) is 16.2. The van der Waals surface area contributed by atoms with Crippen LogP contribution in [0.15, 0.2) is 48.5 Å². The van der Waals surface area contributed by atoms with Crippen molar-refractivity contribution in [3.8, 4) is 17.0 Å². The van der Waals surface area contributed by atoms with Crippen LogP contribution in [0.4, 0.5) is 0 Å². The number of aryl methyl sites for hydroxylation is 1. The van der Waals surface area contributed by atoms with E-state index in [0.717, 1.165) is 45.3 Å². The minimum atomic E-state index is 0.00506. The molecule has 1 heterocycles. The average molecular weight is 429 g/mol. The number of rotatable bonds is 6. The molecule has 2 bridgehead atoms. The van der Waals surface area contributed by atoms with E-state index >= 15 is 0 Å². The summed E-state index contributed by atoms with van der Waals surface area (Å²) in [6.07, 6.45) is 5.32. The molecule has 3 aromatic rings. The van der Waals surface area contributed by atoms with Gasteiger partial charge < -0.3 is 10.1 Å². The summed E-state index contributed by atoms with van der Waals surface area (Å²) in [5.41, 5.74) is 4.47. The van der Waals surface area contributed by atoms with Crippen LogP contribution >= 0.6 is 0 Å². The molecule has 0 saturated heterocycles. The summed E-state index contributed by atoms with van der Waals surface area (Å²) in [6.45, 7) is 6.85. The van der Waals surface area contributed by atoms with Crippen molar-refractivity contribution in [1.29, 1.82) is 0 Å². The van der Waals surface area contributed by atoms with E-state index in [1.165, 1.54) is 25.7 Å². The van der Waals surface area contributed by atoms with Crippen LogP contribution in [0.3, 0.4) is 0 Å². The Bertz CT molecular complexity index is 1140. The second-order valence-corrected chi connectivity index (χ2v) is 9.63. The molecule has 2 aliphatic carbocycles. The van der Waals surface area contributed by atoms with Crippen LogP contribution in [0.25, 0.3) is 22.2 Å². The van der Waals surface area contributed by atoms with Gasteiger partial charge in [-0.3, -0.25) is 4.79 Å². The highest BCUT2D eigenvalue weighted by atomic mass is 16.5. The quantitative estimate of drug-likeness (QED) is 0.511. The molecular weight excluding hydrogens is 396 g/mol. The Morgan fingerprint density at radius 1 is 1.12 bits per heavy atom. The molecule has 0 radical (unpaired) electrons. The van der Waals surface area contributed by atoms with Gasteiger partial charge in [0.2, 0.25) is 0 Å². The first kappa shape index (κ1) is 21.0. The fourth-order valence-corrected chi connectivity index (χ4v) is 5.86. The third kappa shape index (κ3) is 3.99. The molecule has 2 aromatic carbocycles. The van der Waals surface area contributed by atoms with Crippen LogP contribution in [0.5, 0.6) is 5.75 Å². The molecule has 1 N–H and O–H groups in total. The van der Waals surface area contributed by atoms with Crippen molar-refractivity contribution < 1.29 is 9.53 Å². The molecule has 1 amide bonds. The number of aromatic nitrogens is 1. The first-order valence-corrected chi connectivity index (χ1v) is 12.0. The van der Waals surface area contributed by atoms with E-state index in [1.54, 1.807) is 0 Å². The van der Waals surface area contributed by atoms with Crippen molar-refractivity contribution in [1.82, 2.24) is 10.3 Å². The van der Waals surface area contributed by atoms with Crippen LogP contribution in [-0.4, -0.2) is 23.5 Å². The zero-order chi connectivity index (χ0) is 22.2. The Labute approximate surface area is 190 Å². The van der Waals surface area contributed by atoms with E-state index in [0.29, 0.717) is 18.1 Å². The number of carbonyl (C=O) groups excluding carboxylic acids is 1. The van der Waals surface area contributed by atoms with Crippen LogP contribution < -0.4 is 10.1 Å². The van der Waals surface area contributed by atoms with Crippen LogP contribution in [0.1, 0.15) is 55.5 Å². The molecule has 1 aromatic heterocycles. The predicted octanol–water partition coefficient (Wildman–Crippen LogP) is 6.16. The summed E-state index contributed by atoms with van der Waals surface area (Å²) in [4.78, 5) is 18.4. The normalized spacial score (nSPS) is 22.8. The standard InChI is InChI=1S/C28H32N2O2/c1-4-32-22-10-8-20(9-11-22)27-16-25(24-13-17(2)5-12-26(24)30-27)28(31)29-18(3)23-15-19-6-7-21(23)14-19/h5,8-13,16,18-19,21,23H,4,6-7,14-15H2,1-3H3,(H,29,31)/t18-,19-,21-,23-/m0/s1. The van der Waals surface area contributed by atoms with Gasteiger partial charge in [0.05, 0.1) is 23.4 Å². The Balaban J connectivity index is 1.47. The van der Waals surface area contributed by atoms with Crippen molar-refractivity contribution in [2.45, 2.75) is 52.5 Å². The lowest BCUT2D eigenvalue weighted by molar-refractivity contribution is 0.0917. The lowest BCUT2D eigenvalue weighted by atomic mass is 9.84. The Morgan fingerprint density at radius 3 is 2.62 bits per heavy atom. The van der Waals surface area contributed by atoms with Gasteiger partial charge in [-0.2, -0.15) is 0 Å². The molecule has 2 saturated carbocycles. The van der Waals surface area contributed by atoms with Crippen LogP contribution in [0.2, 0.25) is 0 Å². The fraction of sp³-hybridized carbons (Fsp3) is 0.429. The van der Waals surface area contributed by atoms with E-state index < -0.39 is 0 Å². The maximum Gasteiger partial charge on any atom is 0.252 e. The molecule has 32 heavy (non-hydrogen) atoms. The molecule has 4 atom stereocenters. The molecule has 0 unspecified atom stereocenters. The molecule has 166 valence electrons. The van der Waals surface area contributed by atoms with Crippen molar-refractivity contribution in [2.24, 2.45) is 17.8 Å². The van der Waals surface area contributed by atoms with Crippen LogP contribution in [-0.2, 0) is 0 Å². The summed E-state index contributed by atoms with van der Waals surface area (Å²) < 4.78 is 5.57.